The highest BCUT2D eigenvalue weighted by Crippen LogP contribution is 2.42. The standard InChI is InChI=1S/C47H41N3O5/c1-52-43-25-17-37(18-26-43)48(38-19-27-44(53-2)28-20-38)35-9-13-41(14-10-35)50(47-8-6-5-7-34(47)33-51)42-15-11-36(12-16-42)49(39-21-29-45(54-3)30-22-39)40-23-31-46(55-4)32-24-40/h5-33H,1-4H3. The SMILES string of the molecule is COc1ccc(N(c2ccc(OC)cc2)c2ccc(N(c3ccc(N(c4ccc(OC)cc4)c4ccc(OC)cc4)cc3)c3ccccc3C=O)cc2)cc1. The number of anilines is 9. The molecule has 0 unspecified atom stereocenters. The predicted molar refractivity (Wildman–Crippen MR) is 222 cm³/mol. The highest BCUT2D eigenvalue weighted by atomic mass is 16.5. The lowest BCUT2D eigenvalue weighted by Gasteiger charge is -2.30. The van der Waals surface area contributed by atoms with Crippen molar-refractivity contribution in [3.8, 4) is 23.0 Å². The number of carbonyl (C=O) groups excluding carboxylic acids is 1. The number of nitrogens with zero attached hydrogens (tertiary/aromatic N) is 3. The molecule has 55 heavy (non-hydrogen) atoms. The number of aldehydes is 1. The molecule has 274 valence electrons. The summed E-state index contributed by atoms with van der Waals surface area (Å²) in [7, 11) is 6.65. The Bertz CT molecular complexity index is 2070. The lowest BCUT2D eigenvalue weighted by molar-refractivity contribution is 0.112. The van der Waals surface area contributed by atoms with Crippen molar-refractivity contribution in [3.05, 3.63) is 175 Å². The van der Waals surface area contributed by atoms with Crippen molar-refractivity contribution >= 4 is 57.5 Å². The number of hydrogen-bond donors (Lipinski definition) is 0. The monoisotopic (exact) mass is 727 g/mol. The molecule has 0 spiro atoms. The Hall–Kier alpha value is -7.19. The fraction of sp³-hybridized carbons (Fsp3) is 0.0851. The number of hydrogen-bond acceptors (Lipinski definition) is 8. The van der Waals surface area contributed by atoms with Gasteiger partial charge in [0.25, 0.3) is 0 Å². The maximum absolute atomic E-state index is 12.4. The van der Waals surface area contributed by atoms with Crippen LogP contribution < -0.4 is 33.6 Å². The summed E-state index contributed by atoms with van der Waals surface area (Å²) in [6.45, 7) is 0. The third-order valence-electron chi connectivity index (χ3n) is 9.36. The van der Waals surface area contributed by atoms with Gasteiger partial charge in [-0.1, -0.05) is 12.1 Å². The van der Waals surface area contributed by atoms with Crippen molar-refractivity contribution in [3.63, 3.8) is 0 Å². The van der Waals surface area contributed by atoms with Crippen LogP contribution in [0, 0.1) is 0 Å². The maximum Gasteiger partial charge on any atom is 0.152 e. The molecule has 0 atom stereocenters. The van der Waals surface area contributed by atoms with Crippen LogP contribution in [0.25, 0.3) is 0 Å². The highest BCUT2D eigenvalue weighted by Gasteiger charge is 2.20. The Morgan fingerprint density at radius 1 is 0.327 bits per heavy atom. The second-order valence-corrected chi connectivity index (χ2v) is 12.5. The highest BCUT2D eigenvalue weighted by molar-refractivity contribution is 5.91. The fourth-order valence-electron chi connectivity index (χ4n) is 6.54. The van der Waals surface area contributed by atoms with E-state index in [0.717, 1.165) is 80.5 Å². The summed E-state index contributed by atoms with van der Waals surface area (Å²) in [5.41, 5.74) is 8.89. The Morgan fingerprint density at radius 3 is 0.818 bits per heavy atom. The Labute approximate surface area is 321 Å². The van der Waals surface area contributed by atoms with Crippen molar-refractivity contribution < 1.29 is 23.7 Å². The van der Waals surface area contributed by atoms with Gasteiger partial charge in [-0.25, -0.2) is 0 Å². The van der Waals surface area contributed by atoms with Gasteiger partial charge in [0, 0.05) is 51.1 Å². The summed E-state index contributed by atoms with van der Waals surface area (Å²) < 4.78 is 21.8. The van der Waals surface area contributed by atoms with Crippen LogP contribution in [0.1, 0.15) is 10.4 Å². The Balaban J connectivity index is 1.29. The van der Waals surface area contributed by atoms with Gasteiger partial charge in [0.15, 0.2) is 6.29 Å². The molecule has 8 heteroatoms. The molecule has 0 N–H and O–H groups in total. The molecule has 0 aromatic heterocycles. The smallest absolute Gasteiger partial charge is 0.152 e. The quantitative estimate of drug-likeness (QED) is 0.103. The summed E-state index contributed by atoms with van der Waals surface area (Å²) >= 11 is 0. The molecule has 7 aromatic rings. The summed E-state index contributed by atoms with van der Waals surface area (Å²) in [5.74, 6) is 3.11. The average Bonchev–Trinajstić information content (AvgIpc) is 3.26. The minimum atomic E-state index is 0.576. The third-order valence-corrected chi connectivity index (χ3v) is 9.36. The zero-order valence-corrected chi connectivity index (χ0v) is 31.1. The molecule has 0 amide bonds. The Kier molecular flexibility index (Phi) is 11.0. The van der Waals surface area contributed by atoms with Crippen LogP contribution >= 0.6 is 0 Å². The summed E-state index contributed by atoms with van der Waals surface area (Å²) in [4.78, 5) is 18.9. The first-order valence-corrected chi connectivity index (χ1v) is 17.7. The zero-order chi connectivity index (χ0) is 38.1. The molecule has 0 aliphatic rings. The number of rotatable bonds is 14. The van der Waals surface area contributed by atoms with E-state index in [4.69, 9.17) is 18.9 Å². The van der Waals surface area contributed by atoms with Crippen LogP contribution in [0.5, 0.6) is 23.0 Å². The maximum atomic E-state index is 12.4. The van der Waals surface area contributed by atoms with Crippen LogP contribution in [0.2, 0.25) is 0 Å². The van der Waals surface area contributed by atoms with Crippen LogP contribution in [-0.2, 0) is 0 Å². The van der Waals surface area contributed by atoms with E-state index in [1.807, 2.05) is 121 Å². The van der Waals surface area contributed by atoms with Crippen molar-refractivity contribution in [2.24, 2.45) is 0 Å². The van der Waals surface area contributed by atoms with Gasteiger partial charge in [-0.3, -0.25) is 4.79 Å². The van der Waals surface area contributed by atoms with E-state index in [-0.39, 0.29) is 0 Å². The predicted octanol–water partition coefficient (Wildman–Crippen LogP) is 11.9. The minimum Gasteiger partial charge on any atom is -0.497 e. The summed E-state index contributed by atoms with van der Waals surface area (Å²) in [6, 6.07) is 56.2. The van der Waals surface area contributed by atoms with Gasteiger partial charge < -0.3 is 33.6 Å². The molecule has 0 aliphatic carbocycles. The van der Waals surface area contributed by atoms with E-state index in [9.17, 15) is 4.79 Å². The molecule has 0 aliphatic heterocycles. The van der Waals surface area contributed by atoms with Crippen molar-refractivity contribution in [1.82, 2.24) is 0 Å². The van der Waals surface area contributed by atoms with Gasteiger partial charge in [0.05, 0.1) is 34.1 Å². The van der Waals surface area contributed by atoms with Crippen LogP contribution in [0.4, 0.5) is 51.2 Å². The summed E-state index contributed by atoms with van der Waals surface area (Å²) in [6.07, 6.45) is 0.898. The van der Waals surface area contributed by atoms with Crippen molar-refractivity contribution in [1.29, 1.82) is 0 Å². The van der Waals surface area contributed by atoms with Crippen molar-refractivity contribution in [2.45, 2.75) is 0 Å². The minimum absolute atomic E-state index is 0.576. The van der Waals surface area contributed by atoms with Gasteiger partial charge in [0.2, 0.25) is 0 Å². The van der Waals surface area contributed by atoms with Gasteiger partial charge in [-0.15, -0.1) is 0 Å². The zero-order valence-electron chi connectivity index (χ0n) is 31.1. The lowest BCUT2D eigenvalue weighted by atomic mass is 10.1. The number of benzene rings is 7. The molecule has 0 fully saturated rings. The van der Waals surface area contributed by atoms with E-state index >= 15 is 0 Å². The first kappa shape index (κ1) is 36.2. The van der Waals surface area contributed by atoms with Gasteiger partial charge >= 0.3 is 0 Å². The lowest BCUT2D eigenvalue weighted by Crippen LogP contribution is -2.14. The van der Waals surface area contributed by atoms with Gasteiger partial charge in [0.1, 0.15) is 23.0 Å². The average molecular weight is 728 g/mol. The molecule has 0 bridgehead atoms. The second kappa shape index (κ2) is 16.7. The van der Waals surface area contributed by atoms with E-state index in [1.54, 1.807) is 28.4 Å². The van der Waals surface area contributed by atoms with Crippen molar-refractivity contribution in [2.75, 3.05) is 43.1 Å². The topological polar surface area (TPSA) is 63.7 Å². The Morgan fingerprint density at radius 2 is 0.564 bits per heavy atom. The number of methoxy groups -OCH3 is 4. The van der Waals surface area contributed by atoms with Crippen LogP contribution in [0.15, 0.2) is 170 Å². The molecule has 8 nitrogen and oxygen atoms in total. The molecule has 0 saturated heterocycles. The normalized spacial score (nSPS) is 10.6. The van der Waals surface area contributed by atoms with Gasteiger partial charge in [-0.2, -0.15) is 0 Å². The van der Waals surface area contributed by atoms with Gasteiger partial charge in [-0.05, 0) is 158 Å². The van der Waals surface area contributed by atoms with E-state index in [0.29, 0.717) is 5.56 Å². The van der Waals surface area contributed by atoms with E-state index in [1.165, 1.54) is 0 Å². The van der Waals surface area contributed by atoms with Crippen LogP contribution in [-0.4, -0.2) is 34.7 Å². The third kappa shape index (κ3) is 7.79. The number of carbonyl (C=O) groups is 1. The molecule has 0 saturated carbocycles. The second-order valence-electron chi connectivity index (χ2n) is 12.5. The largest absolute Gasteiger partial charge is 0.497 e. The molecule has 0 heterocycles. The van der Waals surface area contributed by atoms with E-state index < -0.39 is 0 Å². The first-order valence-electron chi connectivity index (χ1n) is 17.7. The molecule has 0 radical (unpaired) electrons. The number of ether oxygens (including phenoxy) is 4. The van der Waals surface area contributed by atoms with Crippen LogP contribution in [0.3, 0.4) is 0 Å². The molecular formula is C47H41N3O5. The summed E-state index contributed by atoms with van der Waals surface area (Å²) in [5, 5.41) is 0. The molecule has 7 rings (SSSR count). The fourth-order valence-corrected chi connectivity index (χ4v) is 6.54. The first-order chi connectivity index (χ1) is 27.0. The van der Waals surface area contributed by atoms with E-state index in [2.05, 4.69) is 63.2 Å². The molecular weight excluding hydrogens is 687 g/mol. The number of para-hydroxylation sites is 1. The molecule has 7 aromatic carbocycles.